The third kappa shape index (κ3) is 7.41. The quantitative estimate of drug-likeness (QED) is 0.382. The fraction of sp³-hybridized carbons (Fsp3) is 0.583. The van der Waals surface area contributed by atoms with E-state index in [1.165, 1.54) is 13.1 Å². The minimum atomic E-state index is -3.53. The summed E-state index contributed by atoms with van der Waals surface area (Å²) in [5.74, 6) is 1.63. The molecule has 3 rings (SSSR count). The van der Waals surface area contributed by atoms with E-state index < -0.39 is 10.0 Å². The maximum atomic E-state index is 13.4. The van der Waals surface area contributed by atoms with Crippen molar-refractivity contribution in [1.82, 2.24) is 10.3 Å². The number of carbonyl (C=O) groups excluding carboxylic acids is 1. The number of sulfonamides is 1. The van der Waals surface area contributed by atoms with Crippen LogP contribution in [0.15, 0.2) is 29.0 Å². The van der Waals surface area contributed by atoms with Crippen molar-refractivity contribution in [2.24, 2.45) is 17.6 Å². The number of anilines is 2. The molecule has 1 aliphatic rings. The van der Waals surface area contributed by atoms with Crippen molar-refractivity contribution in [2.45, 2.75) is 58.0 Å². The highest BCUT2D eigenvalue weighted by Gasteiger charge is 2.32. The van der Waals surface area contributed by atoms with E-state index in [4.69, 9.17) is 5.73 Å². The Bertz CT molecular complexity index is 1060. The second-order valence-electron chi connectivity index (χ2n) is 9.41. The zero-order valence-corrected chi connectivity index (χ0v) is 22.1. The molecular formula is C24H37N5O3S2. The summed E-state index contributed by atoms with van der Waals surface area (Å²) >= 11 is 1.62. The maximum absolute atomic E-state index is 13.4. The number of rotatable bonds is 13. The van der Waals surface area contributed by atoms with E-state index in [0.717, 1.165) is 48.4 Å². The SMILES string of the molecule is CCCC[C@H](N)[C@H](Cc1ccsc1)NC(=O)c1cc(NC[C@H]2C[C@@H]2C)nc(N(C)S(C)(=O)=O)c1. The van der Waals surface area contributed by atoms with Crippen molar-refractivity contribution in [3.63, 3.8) is 0 Å². The standard InChI is InChI=1S/C24H37N5O3S2/c1-5-6-7-20(25)21(11-17-8-9-33-15-17)27-24(30)18-12-22(26-14-19-10-16(19)2)28-23(13-18)29(3)34(4,31)32/h8-9,12-13,15-16,19-21H,5-7,10-11,14,25H2,1-4H3,(H,26,28)(H,27,30)/t16-,19+,20-,21-/m0/s1. The van der Waals surface area contributed by atoms with Crippen LogP contribution in [0.5, 0.6) is 0 Å². The van der Waals surface area contributed by atoms with Gasteiger partial charge in [0.1, 0.15) is 11.6 Å². The van der Waals surface area contributed by atoms with Crippen LogP contribution >= 0.6 is 11.3 Å². The maximum Gasteiger partial charge on any atom is 0.251 e. The van der Waals surface area contributed by atoms with E-state index in [1.54, 1.807) is 17.4 Å². The topological polar surface area (TPSA) is 117 Å². The van der Waals surface area contributed by atoms with E-state index in [-0.39, 0.29) is 23.8 Å². The Morgan fingerprint density at radius 2 is 2.12 bits per heavy atom. The van der Waals surface area contributed by atoms with Crippen molar-refractivity contribution < 1.29 is 13.2 Å². The number of pyridine rings is 1. The van der Waals surface area contributed by atoms with Gasteiger partial charge in [-0.2, -0.15) is 11.3 Å². The number of nitrogens with one attached hydrogen (secondary N) is 2. The zero-order chi connectivity index (χ0) is 24.9. The van der Waals surface area contributed by atoms with E-state index >= 15 is 0 Å². The van der Waals surface area contributed by atoms with Crippen LogP contribution < -0.4 is 20.7 Å². The molecule has 0 aromatic carbocycles. The lowest BCUT2D eigenvalue weighted by Gasteiger charge is -2.25. The van der Waals surface area contributed by atoms with Gasteiger partial charge in [0, 0.05) is 31.2 Å². The van der Waals surface area contributed by atoms with Gasteiger partial charge in [0.25, 0.3) is 5.91 Å². The summed E-state index contributed by atoms with van der Waals surface area (Å²) in [6.07, 6.45) is 5.76. The first-order valence-corrected chi connectivity index (χ1v) is 14.6. The molecule has 0 radical (unpaired) electrons. The van der Waals surface area contributed by atoms with Crippen molar-refractivity contribution in [3.8, 4) is 0 Å². The Balaban J connectivity index is 1.84. The fourth-order valence-corrected chi connectivity index (χ4v) is 4.97. The average Bonchev–Trinajstić information content (AvgIpc) is 3.26. The van der Waals surface area contributed by atoms with Gasteiger partial charge in [-0.1, -0.05) is 26.7 Å². The minimum absolute atomic E-state index is 0.183. The predicted molar refractivity (Wildman–Crippen MR) is 140 cm³/mol. The molecule has 0 spiro atoms. The first-order valence-electron chi connectivity index (χ1n) is 11.9. The number of carbonyl (C=O) groups is 1. The lowest BCUT2D eigenvalue weighted by Crippen LogP contribution is -2.49. The molecule has 4 N–H and O–H groups in total. The highest BCUT2D eigenvalue weighted by Crippen LogP contribution is 2.37. The molecule has 1 aliphatic carbocycles. The van der Waals surface area contributed by atoms with Gasteiger partial charge in [-0.25, -0.2) is 13.4 Å². The molecule has 2 aromatic rings. The minimum Gasteiger partial charge on any atom is -0.370 e. The predicted octanol–water partition coefficient (Wildman–Crippen LogP) is 3.47. The molecule has 0 aliphatic heterocycles. The third-order valence-corrected chi connectivity index (χ3v) is 8.39. The monoisotopic (exact) mass is 507 g/mol. The molecule has 0 bridgehead atoms. The van der Waals surface area contributed by atoms with Gasteiger partial charge in [0.15, 0.2) is 0 Å². The van der Waals surface area contributed by atoms with Crippen LogP contribution in [0.3, 0.4) is 0 Å². The van der Waals surface area contributed by atoms with Crippen LogP contribution in [-0.4, -0.2) is 51.2 Å². The molecule has 4 atom stereocenters. The smallest absolute Gasteiger partial charge is 0.251 e. The molecular weight excluding hydrogens is 470 g/mol. The van der Waals surface area contributed by atoms with E-state index in [0.29, 0.717) is 29.6 Å². The van der Waals surface area contributed by atoms with E-state index in [9.17, 15) is 13.2 Å². The number of hydrogen-bond donors (Lipinski definition) is 3. The van der Waals surface area contributed by atoms with Crippen LogP contribution in [0.2, 0.25) is 0 Å². The Morgan fingerprint density at radius 1 is 1.38 bits per heavy atom. The Kier molecular flexibility index (Phi) is 8.95. The summed E-state index contributed by atoms with van der Waals surface area (Å²) < 4.78 is 25.4. The number of nitrogens with zero attached hydrogens (tertiary/aromatic N) is 2. The van der Waals surface area contributed by atoms with Crippen LogP contribution in [0, 0.1) is 11.8 Å². The number of aromatic nitrogens is 1. The van der Waals surface area contributed by atoms with Crippen LogP contribution in [0.25, 0.3) is 0 Å². The third-order valence-electron chi connectivity index (χ3n) is 6.48. The molecule has 2 aromatic heterocycles. The molecule has 0 saturated heterocycles. The van der Waals surface area contributed by atoms with Gasteiger partial charge >= 0.3 is 0 Å². The lowest BCUT2D eigenvalue weighted by atomic mass is 9.97. The zero-order valence-electron chi connectivity index (χ0n) is 20.5. The highest BCUT2D eigenvalue weighted by molar-refractivity contribution is 7.92. The molecule has 188 valence electrons. The summed E-state index contributed by atoms with van der Waals surface area (Å²) in [6.45, 7) is 5.05. The van der Waals surface area contributed by atoms with Crippen LogP contribution in [0.4, 0.5) is 11.6 Å². The molecule has 1 fully saturated rings. The summed E-state index contributed by atoms with van der Waals surface area (Å²) in [4.78, 5) is 17.8. The highest BCUT2D eigenvalue weighted by atomic mass is 32.2. The molecule has 0 unspecified atom stereocenters. The molecule has 8 nitrogen and oxygen atoms in total. The van der Waals surface area contributed by atoms with Crippen molar-refractivity contribution >= 4 is 38.9 Å². The van der Waals surface area contributed by atoms with E-state index in [2.05, 4.69) is 34.8 Å². The van der Waals surface area contributed by atoms with E-state index in [1.807, 2.05) is 11.4 Å². The van der Waals surface area contributed by atoms with Crippen molar-refractivity contribution in [3.05, 3.63) is 40.1 Å². The van der Waals surface area contributed by atoms with Gasteiger partial charge in [-0.3, -0.25) is 9.10 Å². The Hall–Kier alpha value is -2.17. The molecule has 10 heteroatoms. The molecule has 1 saturated carbocycles. The number of unbranched alkanes of at least 4 members (excludes halogenated alkanes) is 1. The van der Waals surface area contributed by atoms with Gasteiger partial charge in [0.2, 0.25) is 10.0 Å². The van der Waals surface area contributed by atoms with Crippen molar-refractivity contribution in [1.29, 1.82) is 0 Å². The average molecular weight is 508 g/mol. The molecule has 2 heterocycles. The second-order valence-corrected chi connectivity index (χ2v) is 12.2. The normalized spacial score (nSPS) is 19.3. The first-order chi connectivity index (χ1) is 16.1. The summed E-state index contributed by atoms with van der Waals surface area (Å²) in [7, 11) is -2.09. The molecule has 34 heavy (non-hydrogen) atoms. The number of amides is 1. The first kappa shape index (κ1) is 26.4. The second kappa shape index (κ2) is 11.5. The Morgan fingerprint density at radius 3 is 2.71 bits per heavy atom. The molecule has 1 amide bonds. The van der Waals surface area contributed by atoms with Crippen molar-refractivity contribution in [2.75, 3.05) is 29.5 Å². The number of hydrogen-bond acceptors (Lipinski definition) is 7. The van der Waals surface area contributed by atoms with Gasteiger partial charge in [-0.15, -0.1) is 0 Å². The van der Waals surface area contributed by atoms with Gasteiger partial charge < -0.3 is 16.4 Å². The largest absolute Gasteiger partial charge is 0.370 e. The van der Waals surface area contributed by atoms with Crippen LogP contribution in [0.1, 0.15) is 55.5 Å². The van der Waals surface area contributed by atoms with Crippen LogP contribution in [-0.2, 0) is 16.4 Å². The summed E-state index contributed by atoms with van der Waals surface area (Å²) in [6, 6.07) is 4.82. The summed E-state index contributed by atoms with van der Waals surface area (Å²) in [5.41, 5.74) is 7.98. The lowest BCUT2D eigenvalue weighted by molar-refractivity contribution is 0.0929. The van der Waals surface area contributed by atoms with Gasteiger partial charge in [0.05, 0.1) is 6.26 Å². The number of thiophene rings is 1. The summed E-state index contributed by atoms with van der Waals surface area (Å²) in [5, 5.41) is 10.5. The number of nitrogens with two attached hydrogens (primary N) is 1. The Labute approximate surface area is 207 Å². The fourth-order valence-electron chi connectivity index (χ4n) is 3.85. The van der Waals surface area contributed by atoms with Gasteiger partial charge in [-0.05, 0) is 65.6 Å².